The van der Waals surface area contributed by atoms with Gasteiger partial charge in [0.05, 0.1) is 23.9 Å². The number of piperazine rings is 1. The number of amides is 1. The molecule has 1 aliphatic rings. The number of anilines is 2. The Balaban J connectivity index is 1.55. The number of aromatic amines is 1. The van der Waals surface area contributed by atoms with Crippen LogP contribution >= 0.6 is 0 Å². The molecule has 1 fully saturated rings. The number of rotatable bonds is 6. The van der Waals surface area contributed by atoms with Crippen LogP contribution < -0.4 is 10.6 Å². The molecule has 1 saturated heterocycles. The lowest BCUT2D eigenvalue weighted by atomic mass is 9.87. The number of aromatic nitrogens is 3. The fourth-order valence-corrected chi connectivity index (χ4v) is 3.95. The topological polar surface area (TPSA) is 127 Å². The van der Waals surface area contributed by atoms with Crippen LogP contribution in [-0.4, -0.2) is 57.7 Å². The molecule has 3 heterocycles. The Labute approximate surface area is 197 Å². The lowest BCUT2D eigenvalue weighted by Crippen LogP contribution is -2.50. The van der Waals surface area contributed by atoms with Gasteiger partial charge in [0, 0.05) is 43.0 Å². The molecule has 1 unspecified atom stereocenters. The molecule has 174 valence electrons. The predicted octanol–water partition coefficient (Wildman–Crippen LogP) is 3.27. The van der Waals surface area contributed by atoms with Gasteiger partial charge >= 0.3 is 0 Å². The average Bonchev–Trinajstić information content (AvgIpc) is 3.25. The Morgan fingerprint density at radius 2 is 2.06 bits per heavy atom. The van der Waals surface area contributed by atoms with Crippen molar-refractivity contribution in [2.45, 2.75) is 26.8 Å². The standard InChI is InChI=1S/C25H27N7O2/c1-25(2,3)23(34)19-12-28-24-22(19)31-21(13-29-24)30-17-6-4-16(5-7-17)18(8-9-26)20-14-32(15-33)11-10-27-20/h4-8,12-13,15,20,27H,10-11,14H2,1-3H3,(H,28,29)(H,30,31). The molecule has 1 aliphatic heterocycles. The van der Waals surface area contributed by atoms with Crippen molar-refractivity contribution < 1.29 is 9.59 Å². The molecule has 0 bridgehead atoms. The highest BCUT2D eigenvalue weighted by molar-refractivity contribution is 6.08. The van der Waals surface area contributed by atoms with Gasteiger partial charge in [-0.3, -0.25) is 9.59 Å². The molecule has 2 aromatic heterocycles. The molecule has 9 heteroatoms. The van der Waals surface area contributed by atoms with Gasteiger partial charge in [-0.25, -0.2) is 9.97 Å². The molecule has 0 spiro atoms. The van der Waals surface area contributed by atoms with Gasteiger partial charge in [-0.2, -0.15) is 5.26 Å². The van der Waals surface area contributed by atoms with Gasteiger partial charge in [0.15, 0.2) is 11.4 Å². The van der Waals surface area contributed by atoms with Crippen molar-refractivity contribution in [3.05, 3.63) is 53.9 Å². The monoisotopic (exact) mass is 457 g/mol. The second-order valence-electron chi connectivity index (χ2n) is 9.27. The number of ketones is 1. The van der Waals surface area contributed by atoms with Crippen molar-refractivity contribution in [1.29, 1.82) is 5.26 Å². The summed E-state index contributed by atoms with van der Waals surface area (Å²) >= 11 is 0. The summed E-state index contributed by atoms with van der Waals surface area (Å²) in [5.41, 5.74) is 3.60. The molecular formula is C25H27N7O2. The van der Waals surface area contributed by atoms with E-state index in [4.69, 9.17) is 0 Å². The van der Waals surface area contributed by atoms with Crippen LogP contribution in [0.25, 0.3) is 16.7 Å². The first-order chi connectivity index (χ1) is 16.3. The van der Waals surface area contributed by atoms with Crippen molar-refractivity contribution in [2.75, 3.05) is 25.0 Å². The molecule has 3 N–H and O–H groups in total. The molecule has 9 nitrogen and oxygen atoms in total. The van der Waals surface area contributed by atoms with Crippen LogP contribution in [0.1, 0.15) is 36.7 Å². The molecule has 4 rings (SSSR count). The Kier molecular flexibility index (Phi) is 6.43. The summed E-state index contributed by atoms with van der Waals surface area (Å²) in [5, 5.41) is 15.9. The third-order valence-corrected chi connectivity index (χ3v) is 5.75. The molecule has 34 heavy (non-hydrogen) atoms. The van der Waals surface area contributed by atoms with E-state index in [0.29, 0.717) is 42.2 Å². The zero-order valence-corrected chi connectivity index (χ0v) is 19.4. The van der Waals surface area contributed by atoms with E-state index in [0.717, 1.165) is 23.2 Å². The van der Waals surface area contributed by atoms with Gasteiger partial charge in [0.25, 0.3) is 0 Å². The van der Waals surface area contributed by atoms with Gasteiger partial charge in [-0.15, -0.1) is 0 Å². The fraction of sp³-hybridized carbons (Fsp3) is 0.320. The van der Waals surface area contributed by atoms with Crippen molar-refractivity contribution in [1.82, 2.24) is 25.2 Å². The van der Waals surface area contributed by atoms with E-state index >= 15 is 0 Å². The van der Waals surface area contributed by atoms with Crippen molar-refractivity contribution in [3.63, 3.8) is 0 Å². The summed E-state index contributed by atoms with van der Waals surface area (Å²) in [7, 11) is 0. The highest BCUT2D eigenvalue weighted by Crippen LogP contribution is 2.27. The first-order valence-electron chi connectivity index (χ1n) is 11.1. The van der Waals surface area contributed by atoms with Crippen LogP contribution in [0, 0.1) is 16.7 Å². The van der Waals surface area contributed by atoms with E-state index in [1.807, 2.05) is 45.0 Å². The van der Waals surface area contributed by atoms with E-state index in [1.54, 1.807) is 17.3 Å². The average molecular weight is 458 g/mol. The number of carbonyl (C=O) groups excluding carboxylic acids is 2. The number of carbonyl (C=O) groups is 2. The number of nitrogens with one attached hydrogen (secondary N) is 3. The summed E-state index contributed by atoms with van der Waals surface area (Å²) in [6, 6.07) is 9.63. The SMILES string of the molecule is CC(C)(C)C(=O)c1c[nH]c2ncc(Nc3ccc(C(=CC#N)C4CN(C=O)CCN4)cc3)nc12. The maximum absolute atomic E-state index is 12.8. The van der Waals surface area contributed by atoms with Crippen LogP contribution in [0.5, 0.6) is 0 Å². The largest absolute Gasteiger partial charge is 0.344 e. The molecule has 3 aromatic rings. The number of allylic oxidation sites excluding steroid dienone is 1. The number of Topliss-reactive ketones (excluding diaryl/α,β-unsaturated/α-hetero) is 1. The summed E-state index contributed by atoms with van der Waals surface area (Å²) in [6.45, 7) is 7.46. The molecule has 1 atom stereocenters. The Morgan fingerprint density at radius 3 is 2.74 bits per heavy atom. The number of nitriles is 1. The smallest absolute Gasteiger partial charge is 0.209 e. The first-order valence-corrected chi connectivity index (χ1v) is 11.1. The maximum Gasteiger partial charge on any atom is 0.209 e. The highest BCUT2D eigenvalue weighted by atomic mass is 16.1. The number of hydrogen-bond acceptors (Lipinski definition) is 7. The Morgan fingerprint density at radius 1 is 1.29 bits per heavy atom. The van der Waals surface area contributed by atoms with Crippen molar-refractivity contribution >= 4 is 40.4 Å². The maximum atomic E-state index is 12.8. The van der Waals surface area contributed by atoms with Crippen LogP contribution in [0.15, 0.2) is 42.7 Å². The van der Waals surface area contributed by atoms with E-state index in [9.17, 15) is 14.9 Å². The molecule has 1 amide bonds. The summed E-state index contributed by atoms with van der Waals surface area (Å²) in [4.78, 5) is 37.7. The molecule has 0 saturated carbocycles. The van der Waals surface area contributed by atoms with Gasteiger partial charge < -0.3 is 20.5 Å². The third kappa shape index (κ3) is 4.82. The quantitative estimate of drug-likeness (QED) is 0.294. The van der Waals surface area contributed by atoms with Crippen molar-refractivity contribution in [2.24, 2.45) is 5.41 Å². The molecular weight excluding hydrogens is 430 g/mol. The van der Waals surface area contributed by atoms with Crippen LogP contribution in [0.4, 0.5) is 11.5 Å². The number of benzene rings is 1. The second-order valence-corrected chi connectivity index (χ2v) is 9.27. The first kappa shape index (κ1) is 23.1. The summed E-state index contributed by atoms with van der Waals surface area (Å²) < 4.78 is 0. The van der Waals surface area contributed by atoms with Gasteiger partial charge in [0.2, 0.25) is 6.41 Å². The Bertz CT molecular complexity index is 1280. The number of fused-ring (bicyclic) bond motifs is 1. The lowest BCUT2D eigenvalue weighted by molar-refractivity contribution is -0.118. The molecule has 1 aromatic carbocycles. The zero-order valence-electron chi connectivity index (χ0n) is 19.4. The number of H-pyrrole nitrogens is 1. The minimum absolute atomic E-state index is 0.00386. The van der Waals surface area contributed by atoms with E-state index < -0.39 is 5.41 Å². The fourth-order valence-electron chi connectivity index (χ4n) is 3.95. The minimum Gasteiger partial charge on any atom is -0.344 e. The van der Waals surface area contributed by atoms with Gasteiger partial charge in [-0.1, -0.05) is 32.9 Å². The van der Waals surface area contributed by atoms with Crippen LogP contribution in [0.3, 0.4) is 0 Å². The van der Waals surface area contributed by atoms with E-state index in [-0.39, 0.29) is 11.8 Å². The van der Waals surface area contributed by atoms with E-state index in [1.165, 1.54) is 6.08 Å². The second kappa shape index (κ2) is 9.45. The predicted molar refractivity (Wildman–Crippen MR) is 130 cm³/mol. The van der Waals surface area contributed by atoms with Gasteiger partial charge in [-0.05, 0) is 23.3 Å². The van der Waals surface area contributed by atoms with Crippen molar-refractivity contribution in [3.8, 4) is 6.07 Å². The van der Waals surface area contributed by atoms with Crippen LogP contribution in [-0.2, 0) is 4.79 Å². The summed E-state index contributed by atoms with van der Waals surface area (Å²) in [5.74, 6) is 0.516. The van der Waals surface area contributed by atoms with E-state index in [2.05, 4.69) is 31.7 Å². The van der Waals surface area contributed by atoms with Gasteiger partial charge in [0.1, 0.15) is 11.3 Å². The summed E-state index contributed by atoms with van der Waals surface area (Å²) in [6.07, 6.45) is 5.63. The van der Waals surface area contributed by atoms with Crippen LogP contribution in [0.2, 0.25) is 0 Å². The zero-order chi connectivity index (χ0) is 24.3. The number of hydrogen-bond donors (Lipinski definition) is 3. The highest BCUT2D eigenvalue weighted by Gasteiger charge is 2.26. The third-order valence-electron chi connectivity index (χ3n) is 5.75. The lowest BCUT2D eigenvalue weighted by Gasteiger charge is -2.32. The Hall–Kier alpha value is -4.03. The normalized spacial score (nSPS) is 16.8. The molecule has 0 aliphatic carbocycles. The minimum atomic E-state index is -0.527. The number of nitrogens with zero attached hydrogens (tertiary/aromatic N) is 4. The molecule has 0 radical (unpaired) electrons.